The van der Waals surface area contributed by atoms with Crippen molar-refractivity contribution in [1.29, 1.82) is 0 Å². The molecule has 1 heterocycles. The summed E-state index contributed by atoms with van der Waals surface area (Å²) in [6.07, 6.45) is 5.89. The number of hydrogen-bond donors (Lipinski definition) is 1. The van der Waals surface area contributed by atoms with Gasteiger partial charge >= 0.3 is 0 Å². The molecule has 27 heavy (non-hydrogen) atoms. The van der Waals surface area contributed by atoms with Gasteiger partial charge in [0.2, 0.25) is 11.8 Å². The third-order valence-corrected chi connectivity index (χ3v) is 4.58. The van der Waals surface area contributed by atoms with Crippen LogP contribution in [-0.4, -0.2) is 36.9 Å². The number of hydrogen-bond acceptors (Lipinski definition) is 3. The smallest absolute Gasteiger partial charge is 0.243 e. The van der Waals surface area contributed by atoms with Crippen molar-refractivity contribution < 1.29 is 14.3 Å². The molecule has 6 heteroatoms. The number of nitrogens with one attached hydrogen (secondary N) is 1. The molecule has 3 rings (SSSR count). The summed E-state index contributed by atoms with van der Waals surface area (Å²) >= 11 is 6.02. The second kappa shape index (κ2) is 8.15. The Morgan fingerprint density at radius 3 is 2.93 bits per heavy atom. The Balaban J connectivity index is 1.59. The second-order valence-corrected chi connectivity index (χ2v) is 6.87. The lowest BCUT2D eigenvalue weighted by Crippen LogP contribution is -2.42. The Kier molecular flexibility index (Phi) is 5.68. The molecule has 0 spiro atoms. The van der Waals surface area contributed by atoms with Gasteiger partial charge in [-0.05, 0) is 48.4 Å². The van der Waals surface area contributed by atoms with E-state index in [4.69, 9.17) is 22.8 Å². The van der Waals surface area contributed by atoms with Crippen LogP contribution < -0.4 is 10.1 Å². The first-order valence-electron chi connectivity index (χ1n) is 8.49. The fraction of sp³-hybridized carbons (Fsp3) is 0.238. The lowest BCUT2D eigenvalue weighted by molar-refractivity contribution is -0.138. The normalized spacial score (nSPS) is 15.1. The van der Waals surface area contributed by atoms with Crippen molar-refractivity contribution in [1.82, 2.24) is 4.90 Å². The molecule has 0 aliphatic carbocycles. The van der Waals surface area contributed by atoms with Gasteiger partial charge in [-0.1, -0.05) is 23.6 Å². The van der Waals surface area contributed by atoms with E-state index >= 15 is 0 Å². The van der Waals surface area contributed by atoms with Crippen LogP contribution in [0.2, 0.25) is 5.02 Å². The molecular formula is C21H19ClN2O3. The molecule has 1 atom stereocenters. The molecule has 0 radical (unpaired) electrons. The SMILES string of the molecule is C#Cc1cccc(NC(=O)CN(C)C(=O)[C@@H]2COc3ccc(Cl)cc3C2)c1. The maximum atomic E-state index is 12.7. The Bertz CT molecular complexity index is 920. The van der Waals surface area contributed by atoms with Crippen LogP contribution in [0, 0.1) is 18.3 Å². The van der Waals surface area contributed by atoms with E-state index in [1.165, 1.54) is 4.90 Å². The molecule has 0 saturated heterocycles. The van der Waals surface area contributed by atoms with Crippen molar-refractivity contribution in [2.75, 3.05) is 25.5 Å². The summed E-state index contributed by atoms with van der Waals surface area (Å²) in [6.45, 7) is 0.224. The Hall–Kier alpha value is -2.97. The summed E-state index contributed by atoms with van der Waals surface area (Å²) in [6, 6.07) is 12.4. The van der Waals surface area contributed by atoms with Crippen LogP contribution in [0.25, 0.3) is 0 Å². The van der Waals surface area contributed by atoms with Crippen LogP contribution in [0.3, 0.4) is 0 Å². The number of terminal acetylenes is 1. The van der Waals surface area contributed by atoms with Crippen LogP contribution in [0.4, 0.5) is 5.69 Å². The van der Waals surface area contributed by atoms with Gasteiger partial charge in [0.05, 0.1) is 12.5 Å². The Morgan fingerprint density at radius 1 is 1.33 bits per heavy atom. The zero-order valence-electron chi connectivity index (χ0n) is 14.9. The maximum absolute atomic E-state index is 12.7. The number of likely N-dealkylation sites (N-methyl/N-ethyl adjacent to an activating group) is 1. The molecule has 0 saturated carbocycles. The molecule has 0 bridgehead atoms. The molecule has 1 aliphatic rings. The van der Waals surface area contributed by atoms with Crippen molar-refractivity contribution in [3.8, 4) is 18.1 Å². The number of benzene rings is 2. The number of halogens is 1. The summed E-state index contributed by atoms with van der Waals surface area (Å²) in [5.41, 5.74) is 2.17. The standard InChI is InChI=1S/C21H19ClN2O3/c1-3-14-5-4-6-18(9-14)23-20(25)12-24(2)21(26)16-10-15-11-17(22)7-8-19(15)27-13-16/h1,4-9,11,16H,10,12-13H2,2H3,(H,23,25)/t16-/m0/s1. The average Bonchev–Trinajstić information content (AvgIpc) is 2.66. The molecule has 1 N–H and O–H groups in total. The molecule has 2 aromatic rings. The van der Waals surface area contributed by atoms with Gasteiger partial charge in [-0.2, -0.15) is 0 Å². The summed E-state index contributed by atoms with van der Waals surface area (Å²) < 4.78 is 5.66. The lowest BCUT2D eigenvalue weighted by atomic mass is 9.95. The molecule has 138 valence electrons. The first-order chi connectivity index (χ1) is 13.0. The molecular weight excluding hydrogens is 364 g/mol. The van der Waals surface area contributed by atoms with E-state index < -0.39 is 0 Å². The van der Waals surface area contributed by atoms with E-state index in [1.807, 2.05) is 6.07 Å². The largest absolute Gasteiger partial charge is 0.492 e. The summed E-state index contributed by atoms with van der Waals surface area (Å²) in [7, 11) is 1.60. The number of fused-ring (bicyclic) bond motifs is 1. The topological polar surface area (TPSA) is 58.6 Å². The zero-order chi connectivity index (χ0) is 19.4. The minimum absolute atomic E-state index is 0.0575. The Labute approximate surface area is 163 Å². The van der Waals surface area contributed by atoms with Gasteiger partial charge in [0.25, 0.3) is 0 Å². The van der Waals surface area contributed by atoms with E-state index in [-0.39, 0.29) is 30.9 Å². The van der Waals surface area contributed by atoms with Gasteiger partial charge in [0.1, 0.15) is 12.4 Å². The minimum Gasteiger partial charge on any atom is -0.492 e. The van der Waals surface area contributed by atoms with E-state index in [2.05, 4.69) is 11.2 Å². The van der Waals surface area contributed by atoms with Crippen LogP contribution in [0.15, 0.2) is 42.5 Å². The monoisotopic (exact) mass is 382 g/mol. The number of nitrogens with zero attached hydrogens (tertiary/aromatic N) is 1. The summed E-state index contributed by atoms with van der Waals surface area (Å²) in [5.74, 6) is 2.48. The van der Waals surface area contributed by atoms with Crippen molar-refractivity contribution in [2.45, 2.75) is 6.42 Å². The predicted octanol–water partition coefficient (Wildman–Crippen LogP) is 2.97. The number of carbonyl (C=O) groups is 2. The van der Waals surface area contributed by atoms with Crippen molar-refractivity contribution >= 4 is 29.1 Å². The van der Waals surface area contributed by atoms with Gasteiger partial charge < -0.3 is 15.0 Å². The molecule has 0 aromatic heterocycles. The number of amides is 2. The first-order valence-corrected chi connectivity index (χ1v) is 8.87. The molecule has 0 fully saturated rings. The number of carbonyl (C=O) groups excluding carboxylic acids is 2. The molecule has 2 amide bonds. The lowest BCUT2D eigenvalue weighted by Gasteiger charge is -2.28. The highest BCUT2D eigenvalue weighted by Crippen LogP contribution is 2.30. The van der Waals surface area contributed by atoms with E-state index in [1.54, 1.807) is 43.4 Å². The van der Waals surface area contributed by atoms with Crippen LogP contribution in [-0.2, 0) is 16.0 Å². The van der Waals surface area contributed by atoms with Gasteiger partial charge in [-0.15, -0.1) is 6.42 Å². The molecule has 5 nitrogen and oxygen atoms in total. The van der Waals surface area contributed by atoms with Gasteiger partial charge in [0.15, 0.2) is 0 Å². The average molecular weight is 383 g/mol. The predicted molar refractivity (Wildman–Crippen MR) is 105 cm³/mol. The zero-order valence-corrected chi connectivity index (χ0v) is 15.6. The highest BCUT2D eigenvalue weighted by atomic mass is 35.5. The highest BCUT2D eigenvalue weighted by Gasteiger charge is 2.29. The fourth-order valence-corrected chi connectivity index (χ4v) is 3.21. The van der Waals surface area contributed by atoms with E-state index in [0.29, 0.717) is 22.7 Å². The summed E-state index contributed by atoms with van der Waals surface area (Å²) in [5, 5.41) is 3.36. The third-order valence-electron chi connectivity index (χ3n) is 4.35. The number of anilines is 1. The Morgan fingerprint density at radius 2 is 2.15 bits per heavy atom. The van der Waals surface area contributed by atoms with Gasteiger partial charge in [-0.25, -0.2) is 0 Å². The molecule has 0 unspecified atom stereocenters. The van der Waals surface area contributed by atoms with Crippen LogP contribution in [0.5, 0.6) is 5.75 Å². The highest BCUT2D eigenvalue weighted by molar-refractivity contribution is 6.30. The van der Waals surface area contributed by atoms with E-state index in [0.717, 1.165) is 11.3 Å². The molecule has 1 aliphatic heterocycles. The van der Waals surface area contributed by atoms with Crippen LogP contribution in [0.1, 0.15) is 11.1 Å². The quantitative estimate of drug-likeness (QED) is 0.827. The van der Waals surface area contributed by atoms with Crippen molar-refractivity contribution in [3.05, 3.63) is 58.6 Å². The molecule has 2 aromatic carbocycles. The third kappa shape index (κ3) is 4.60. The number of ether oxygens (including phenoxy) is 1. The van der Waals surface area contributed by atoms with Crippen molar-refractivity contribution in [2.24, 2.45) is 5.92 Å². The fourth-order valence-electron chi connectivity index (χ4n) is 3.01. The first kappa shape index (κ1) is 18.8. The van der Waals surface area contributed by atoms with E-state index in [9.17, 15) is 9.59 Å². The minimum atomic E-state index is -0.349. The van der Waals surface area contributed by atoms with Crippen LogP contribution >= 0.6 is 11.6 Å². The van der Waals surface area contributed by atoms with Gasteiger partial charge in [0, 0.05) is 23.3 Å². The summed E-state index contributed by atoms with van der Waals surface area (Å²) in [4.78, 5) is 26.3. The maximum Gasteiger partial charge on any atom is 0.243 e. The second-order valence-electron chi connectivity index (χ2n) is 6.43. The number of rotatable bonds is 4. The van der Waals surface area contributed by atoms with Crippen molar-refractivity contribution in [3.63, 3.8) is 0 Å². The van der Waals surface area contributed by atoms with Gasteiger partial charge in [-0.3, -0.25) is 9.59 Å².